The number of rotatable bonds is 6. The first-order valence-corrected chi connectivity index (χ1v) is 11.6. The van der Waals surface area contributed by atoms with Gasteiger partial charge in [0.15, 0.2) is 0 Å². The summed E-state index contributed by atoms with van der Waals surface area (Å²) in [6, 6.07) is 12.1. The molecule has 0 aromatic heterocycles. The number of aliphatic hydroxyl groups is 1. The van der Waals surface area contributed by atoms with Crippen molar-refractivity contribution in [1.82, 2.24) is 16.1 Å². The minimum Gasteiger partial charge on any atom is -0.391 e. The standard InChI is InChI=1S/C27H28N4O5/c1-18(32)24(27(35)31-36)30-25(33)21-13-9-19(10-14-21)6-2-3-7-20-11-15-22(16-12-20)29-26(34)23-8-4-5-17-28-23/h9-16,18,23-24,28,32,36H,4-5,8,17H2,1H3,(H,29,34)(H,30,33)(H,31,35)/t18-,23+,24+/m1/s1. The molecular formula is C27H28N4O5. The Labute approximate surface area is 209 Å². The molecule has 2 aromatic carbocycles. The molecule has 0 saturated carbocycles. The number of amides is 3. The number of carbonyl (C=O) groups excluding carboxylic acids is 3. The van der Waals surface area contributed by atoms with Crippen molar-refractivity contribution < 1.29 is 24.7 Å². The van der Waals surface area contributed by atoms with E-state index < -0.39 is 24.0 Å². The van der Waals surface area contributed by atoms with E-state index in [0.717, 1.165) is 31.4 Å². The minimum absolute atomic E-state index is 0.0265. The molecule has 1 heterocycles. The van der Waals surface area contributed by atoms with Gasteiger partial charge in [-0.2, -0.15) is 0 Å². The maximum Gasteiger partial charge on any atom is 0.268 e. The minimum atomic E-state index is -1.29. The number of piperidine rings is 1. The van der Waals surface area contributed by atoms with Crippen molar-refractivity contribution >= 4 is 23.4 Å². The second-order valence-electron chi connectivity index (χ2n) is 8.31. The predicted molar refractivity (Wildman–Crippen MR) is 134 cm³/mol. The Hall–Kier alpha value is -4.15. The average molecular weight is 489 g/mol. The number of carbonyl (C=O) groups is 3. The van der Waals surface area contributed by atoms with Crippen LogP contribution in [0.3, 0.4) is 0 Å². The van der Waals surface area contributed by atoms with E-state index in [-0.39, 0.29) is 17.5 Å². The van der Waals surface area contributed by atoms with Gasteiger partial charge in [-0.1, -0.05) is 18.3 Å². The second-order valence-corrected chi connectivity index (χ2v) is 8.31. The van der Waals surface area contributed by atoms with Gasteiger partial charge in [0.2, 0.25) is 5.91 Å². The Morgan fingerprint density at radius 1 is 0.972 bits per heavy atom. The van der Waals surface area contributed by atoms with Crippen LogP contribution in [-0.2, 0) is 9.59 Å². The molecule has 9 nitrogen and oxygen atoms in total. The number of hydrogen-bond acceptors (Lipinski definition) is 6. The van der Waals surface area contributed by atoms with E-state index in [4.69, 9.17) is 5.21 Å². The summed E-state index contributed by atoms with van der Waals surface area (Å²) in [6.45, 7) is 2.19. The first-order valence-electron chi connectivity index (χ1n) is 11.6. The molecule has 9 heteroatoms. The van der Waals surface area contributed by atoms with Crippen LogP contribution in [0.4, 0.5) is 5.69 Å². The summed E-state index contributed by atoms with van der Waals surface area (Å²) in [6.07, 6.45) is 1.80. The fourth-order valence-electron chi connectivity index (χ4n) is 3.55. The van der Waals surface area contributed by atoms with Gasteiger partial charge in [0.25, 0.3) is 11.8 Å². The number of anilines is 1. The number of hydrogen-bond donors (Lipinski definition) is 6. The number of benzene rings is 2. The lowest BCUT2D eigenvalue weighted by molar-refractivity contribution is -0.133. The van der Waals surface area contributed by atoms with Crippen molar-refractivity contribution in [2.75, 3.05) is 11.9 Å². The molecule has 1 aliphatic heterocycles. The maximum absolute atomic E-state index is 12.3. The SMILES string of the molecule is C[C@@H](O)[C@H](NC(=O)c1ccc(C#CC#Cc2ccc(NC(=O)[C@@H]3CCCCN3)cc2)cc1)C(=O)NO. The van der Waals surface area contributed by atoms with Crippen LogP contribution in [0.5, 0.6) is 0 Å². The van der Waals surface area contributed by atoms with Gasteiger partial charge in [-0.15, -0.1) is 0 Å². The van der Waals surface area contributed by atoms with Gasteiger partial charge in [0, 0.05) is 22.4 Å². The smallest absolute Gasteiger partial charge is 0.268 e. The molecule has 0 aliphatic carbocycles. The number of nitrogens with one attached hydrogen (secondary N) is 4. The molecule has 3 amide bonds. The van der Waals surface area contributed by atoms with Gasteiger partial charge >= 0.3 is 0 Å². The lowest BCUT2D eigenvalue weighted by Gasteiger charge is -2.22. The predicted octanol–water partition coefficient (Wildman–Crippen LogP) is 1.16. The van der Waals surface area contributed by atoms with E-state index in [1.165, 1.54) is 24.5 Å². The number of hydroxylamine groups is 1. The van der Waals surface area contributed by atoms with Gasteiger partial charge in [-0.3, -0.25) is 19.6 Å². The van der Waals surface area contributed by atoms with Gasteiger partial charge in [0.1, 0.15) is 6.04 Å². The first kappa shape index (κ1) is 26.5. The molecule has 3 rings (SSSR count). The summed E-state index contributed by atoms with van der Waals surface area (Å²) < 4.78 is 0. The van der Waals surface area contributed by atoms with Crippen molar-refractivity contribution in [2.45, 2.75) is 44.4 Å². The lowest BCUT2D eigenvalue weighted by atomic mass is 10.0. The largest absolute Gasteiger partial charge is 0.391 e. The third-order valence-corrected chi connectivity index (χ3v) is 5.56. The topological polar surface area (TPSA) is 140 Å². The van der Waals surface area contributed by atoms with Crippen LogP contribution in [-0.4, -0.2) is 52.8 Å². The molecule has 1 fully saturated rings. The Morgan fingerprint density at radius 3 is 2.11 bits per heavy atom. The highest BCUT2D eigenvalue weighted by Crippen LogP contribution is 2.12. The Morgan fingerprint density at radius 2 is 1.58 bits per heavy atom. The van der Waals surface area contributed by atoms with E-state index in [0.29, 0.717) is 11.3 Å². The monoisotopic (exact) mass is 488 g/mol. The molecule has 186 valence electrons. The number of aliphatic hydroxyl groups excluding tert-OH is 1. The highest BCUT2D eigenvalue weighted by atomic mass is 16.5. The van der Waals surface area contributed by atoms with E-state index in [1.54, 1.807) is 24.3 Å². The van der Waals surface area contributed by atoms with Crippen LogP contribution in [0.25, 0.3) is 0 Å². The highest BCUT2D eigenvalue weighted by Gasteiger charge is 2.25. The van der Waals surface area contributed by atoms with Crippen molar-refractivity contribution in [3.63, 3.8) is 0 Å². The zero-order valence-electron chi connectivity index (χ0n) is 19.8. The van der Waals surface area contributed by atoms with Crippen LogP contribution < -0.4 is 21.4 Å². The molecule has 1 saturated heterocycles. The molecule has 3 atom stereocenters. The quantitative estimate of drug-likeness (QED) is 0.205. The van der Waals surface area contributed by atoms with Gasteiger partial charge in [-0.05, 0) is 86.7 Å². The fraction of sp³-hybridized carbons (Fsp3) is 0.296. The molecular weight excluding hydrogens is 460 g/mol. The zero-order valence-corrected chi connectivity index (χ0v) is 19.8. The molecule has 1 aliphatic rings. The van der Waals surface area contributed by atoms with Crippen LogP contribution in [0, 0.1) is 23.7 Å². The Bertz CT molecular complexity index is 1200. The molecule has 0 unspecified atom stereocenters. The summed E-state index contributed by atoms with van der Waals surface area (Å²) in [7, 11) is 0. The van der Waals surface area contributed by atoms with Gasteiger partial charge in [0.05, 0.1) is 12.1 Å². The summed E-state index contributed by atoms with van der Waals surface area (Å²) in [4.78, 5) is 36.2. The van der Waals surface area contributed by atoms with E-state index in [2.05, 4.69) is 39.6 Å². The third kappa shape index (κ3) is 7.69. The lowest BCUT2D eigenvalue weighted by Crippen LogP contribution is -2.51. The van der Waals surface area contributed by atoms with Gasteiger partial charge < -0.3 is 21.1 Å². The van der Waals surface area contributed by atoms with Crippen molar-refractivity contribution in [2.24, 2.45) is 0 Å². The maximum atomic E-state index is 12.3. The molecule has 0 radical (unpaired) electrons. The fourth-order valence-corrected chi connectivity index (χ4v) is 3.55. The molecule has 6 N–H and O–H groups in total. The molecule has 36 heavy (non-hydrogen) atoms. The van der Waals surface area contributed by atoms with Crippen LogP contribution in [0.1, 0.15) is 47.7 Å². The Kier molecular flexibility index (Phi) is 9.61. The summed E-state index contributed by atoms with van der Waals surface area (Å²) in [5, 5.41) is 26.8. The average Bonchev–Trinajstić information content (AvgIpc) is 2.90. The first-order chi connectivity index (χ1) is 17.4. The van der Waals surface area contributed by atoms with E-state index in [1.807, 2.05) is 12.1 Å². The molecule has 0 spiro atoms. The van der Waals surface area contributed by atoms with Crippen molar-refractivity contribution in [3.05, 3.63) is 65.2 Å². The van der Waals surface area contributed by atoms with E-state index in [9.17, 15) is 19.5 Å². The normalized spacial score (nSPS) is 16.1. The van der Waals surface area contributed by atoms with Crippen LogP contribution in [0.2, 0.25) is 0 Å². The van der Waals surface area contributed by atoms with Crippen molar-refractivity contribution in [3.8, 4) is 23.7 Å². The molecule has 2 aromatic rings. The summed E-state index contributed by atoms with van der Waals surface area (Å²) in [5.41, 5.74) is 3.77. The molecule has 0 bridgehead atoms. The Balaban J connectivity index is 1.54. The van der Waals surface area contributed by atoms with Crippen molar-refractivity contribution in [1.29, 1.82) is 0 Å². The third-order valence-electron chi connectivity index (χ3n) is 5.56. The van der Waals surface area contributed by atoms with Gasteiger partial charge in [-0.25, -0.2) is 5.48 Å². The summed E-state index contributed by atoms with van der Waals surface area (Å²) in [5.74, 6) is 9.82. The van der Waals surface area contributed by atoms with Crippen LogP contribution in [0.15, 0.2) is 48.5 Å². The highest BCUT2D eigenvalue weighted by molar-refractivity contribution is 5.97. The second kappa shape index (κ2) is 13.1. The zero-order chi connectivity index (χ0) is 25.9. The van der Waals surface area contributed by atoms with Crippen LogP contribution >= 0.6 is 0 Å². The summed E-state index contributed by atoms with van der Waals surface area (Å²) >= 11 is 0. The van der Waals surface area contributed by atoms with E-state index >= 15 is 0 Å².